The zero-order valence-electron chi connectivity index (χ0n) is 8.43. The van der Waals surface area contributed by atoms with Crippen molar-refractivity contribution in [2.75, 3.05) is 5.88 Å². The molecule has 1 rings (SSSR count). The molecule has 5 heteroatoms. The molecule has 1 N–H and O–H groups in total. The van der Waals surface area contributed by atoms with Crippen molar-refractivity contribution in [1.82, 2.24) is 10.3 Å². The molecule has 1 amide bonds. The minimum atomic E-state index is -0.209. The van der Waals surface area contributed by atoms with Gasteiger partial charge in [0.2, 0.25) is 5.91 Å². The van der Waals surface area contributed by atoms with Crippen molar-refractivity contribution in [3.8, 4) is 0 Å². The number of aromatic nitrogens is 1. The summed E-state index contributed by atoms with van der Waals surface area (Å²) in [6, 6.07) is -0.168. The third-order valence-electron chi connectivity index (χ3n) is 1.85. The summed E-state index contributed by atoms with van der Waals surface area (Å²) in [6.07, 6.45) is 0. The van der Waals surface area contributed by atoms with E-state index in [0.717, 1.165) is 11.5 Å². The van der Waals surface area contributed by atoms with E-state index < -0.39 is 0 Å². The number of rotatable bonds is 3. The smallest absolute Gasteiger partial charge is 0.235 e. The van der Waals surface area contributed by atoms with Gasteiger partial charge in [-0.3, -0.25) is 4.79 Å². The molecule has 1 unspecified atom stereocenters. The van der Waals surface area contributed by atoms with Gasteiger partial charge in [0.25, 0.3) is 0 Å². The summed E-state index contributed by atoms with van der Waals surface area (Å²) >= 11 is 5.37. The average Bonchev–Trinajstić information content (AvgIpc) is 2.45. The minimum Gasteiger partial charge on any atom is -0.446 e. The van der Waals surface area contributed by atoms with E-state index in [4.69, 9.17) is 16.0 Å². The number of nitrogens with one attached hydrogen (secondary N) is 1. The largest absolute Gasteiger partial charge is 0.446 e. The van der Waals surface area contributed by atoms with Gasteiger partial charge in [-0.25, -0.2) is 4.98 Å². The van der Waals surface area contributed by atoms with Crippen molar-refractivity contribution in [2.45, 2.75) is 26.8 Å². The van der Waals surface area contributed by atoms with Gasteiger partial charge in [0.15, 0.2) is 5.89 Å². The number of halogens is 1. The Morgan fingerprint density at radius 3 is 2.71 bits per heavy atom. The van der Waals surface area contributed by atoms with Crippen molar-refractivity contribution < 1.29 is 9.21 Å². The van der Waals surface area contributed by atoms with Crippen molar-refractivity contribution in [1.29, 1.82) is 0 Å². The molecule has 0 saturated carbocycles. The van der Waals surface area contributed by atoms with Crippen LogP contribution in [0.1, 0.15) is 30.3 Å². The lowest BCUT2D eigenvalue weighted by Gasteiger charge is -2.10. The quantitative estimate of drug-likeness (QED) is 0.783. The molecule has 0 spiro atoms. The molecule has 1 aromatic heterocycles. The maximum Gasteiger partial charge on any atom is 0.235 e. The van der Waals surface area contributed by atoms with Crippen molar-refractivity contribution in [3.05, 3.63) is 17.3 Å². The molecule has 0 aliphatic carbocycles. The van der Waals surface area contributed by atoms with Crippen LogP contribution in [0.15, 0.2) is 4.42 Å². The lowest BCUT2D eigenvalue weighted by atomic mass is 10.2. The lowest BCUT2D eigenvalue weighted by Crippen LogP contribution is -2.28. The molecule has 1 atom stereocenters. The molecule has 0 aliphatic rings. The second kappa shape index (κ2) is 4.46. The van der Waals surface area contributed by atoms with Crippen LogP contribution in [0.4, 0.5) is 0 Å². The predicted molar refractivity (Wildman–Crippen MR) is 53.3 cm³/mol. The molecule has 78 valence electrons. The molecule has 0 fully saturated rings. The van der Waals surface area contributed by atoms with Gasteiger partial charge in [-0.2, -0.15) is 0 Å². The fourth-order valence-corrected chi connectivity index (χ4v) is 1.37. The highest BCUT2D eigenvalue weighted by Gasteiger charge is 2.15. The molecule has 1 aromatic rings. The van der Waals surface area contributed by atoms with E-state index in [1.54, 1.807) is 6.92 Å². The standard InChI is InChI=1S/C9H13ClN2O2/c1-5(11-8(13)4-10)9-6(2)14-7(3)12-9/h5H,4H2,1-3H3,(H,11,13). The number of carbonyl (C=O) groups excluding carboxylic acids is 1. The van der Waals surface area contributed by atoms with Crippen LogP contribution < -0.4 is 5.32 Å². The van der Waals surface area contributed by atoms with Crippen LogP contribution >= 0.6 is 11.6 Å². The number of amides is 1. The highest BCUT2D eigenvalue weighted by molar-refractivity contribution is 6.27. The van der Waals surface area contributed by atoms with Crippen LogP contribution in [0.2, 0.25) is 0 Å². The molecule has 0 saturated heterocycles. The Bertz CT molecular complexity index is 336. The molecule has 0 aromatic carbocycles. The van der Waals surface area contributed by atoms with Gasteiger partial charge in [0, 0.05) is 6.92 Å². The fraction of sp³-hybridized carbons (Fsp3) is 0.556. The molecule has 4 nitrogen and oxygen atoms in total. The lowest BCUT2D eigenvalue weighted by molar-refractivity contribution is -0.119. The number of hydrogen-bond acceptors (Lipinski definition) is 3. The minimum absolute atomic E-state index is 0.0414. The number of nitrogens with zero attached hydrogens (tertiary/aromatic N) is 1. The summed E-state index contributed by atoms with van der Waals surface area (Å²) in [5.41, 5.74) is 0.751. The van der Waals surface area contributed by atoms with Crippen molar-refractivity contribution >= 4 is 17.5 Å². The van der Waals surface area contributed by atoms with Gasteiger partial charge < -0.3 is 9.73 Å². The van der Waals surface area contributed by atoms with Gasteiger partial charge in [0.1, 0.15) is 17.3 Å². The molecule has 14 heavy (non-hydrogen) atoms. The summed E-state index contributed by atoms with van der Waals surface area (Å²) in [5.74, 6) is 1.08. The number of hydrogen-bond donors (Lipinski definition) is 1. The summed E-state index contributed by atoms with van der Waals surface area (Å²) < 4.78 is 5.26. The Hall–Kier alpha value is -1.03. The third-order valence-corrected chi connectivity index (χ3v) is 2.09. The molecule has 0 radical (unpaired) electrons. The first-order valence-corrected chi connectivity index (χ1v) is 4.87. The number of carbonyl (C=O) groups is 1. The summed E-state index contributed by atoms with van der Waals surface area (Å²) in [7, 11) is 0. The maximum atomic E-state index is 11.0. The zero-order chi connectivity index (χ0) is 10.7. The maximum absolute atomic E-state index is 11.0. The summed E-state index contributed by atoms with van der Waals surface area (Å²) in [4.78, 5) is 15.2. The van der Waals surface area contributed by atoms with Gasteiger partial charge in [-0.05, 0) is 13.8 Å². The Morgan fingerprint density at radius 1 is 1.64 bits per heavy atom. The van der Waals surface area contributed by atoms with Crippen LogP contribution in [0.5, 0.6) is 0 Å². The zero-order valence-corrected chi connectivity index (χ0v) is 9.18. The van der Waals surface area contributed by atoms with Crippen LogP contribution in [-0.4, -0.2) is 16.8 Å². The van der Waals surface area contributed by atoms with E-state index in [1.807, 2.05) is 13.8 Å². The SMILES string of the molecule is Cc1nc(C(C)NC(=O)CCl)c(C)o1. The molecule has 0 bridgehead atoms. The molecule has 0 aliphatic heterocycles. The first-order chi connectivity index (χ1) is 6.54. The second-order valence-corrected chi connectivity index (χ2v) is 3.36. The Morgan fingerprint density at radius 2 is 2.29 bits per heavy atom. The third kappa shape index (κ3) is 2.48. The van der Waals surface area contributed by atoms with Gasteiger partial charge in [-0.15, -0.1) is 11.6 Å². The number of aryl methyl sites for hydroxylation is 2. The second-order valence-electron chi connectivity index (χ2n) is 3.10. The number of oxazole rings is 1. The number of alkyl halides is 1. The van der Waals surface area contributed by atoms with Crippen molar-refractivity contribution in [3.63, 3.8) is 0 Å². The molecule has 1 heterocycles. The van der Waals surface area contributed by atoms with Crippen LogP contribution in [-0.2, 0) is 4.79 Å². The van der Waals surface area contributed by atoms with Gasteiger partial charge in [0.05, 0.1) is 6.04 Å². The van der Waals surface area contributed by atoms with E-state index in [2.05, 4.69) is 10.3 Å². The highest BCUT2D eigenvalue weighted by atomic mass is 35.5. The van der Waals surface area contributed by atoms with Gasteiger partial charge >= 0.3 is 0 Å². The fourth-order valence-electron chi connectivity index (χ4n) is 1.30. The van der Waals surface area contributed by atoms with E-state index in [1.165, 1.54) is 0 Å². The first-order valence-electron chi connectivity index (χ1n) is 4.34. The van der Waals surface area contributed by atoms with Gasteiger partial charge in [-0.1, -0.05) is 0 Å². The van der Waals surface area contributed by atoms with E-state index >= 15 is 0 Å². The van der Waals surface area contributed by atoms with Crippen LogP contribution in [0.25, 0.3) is 0 Å². The topological polar surface area (TPSA) is 55.1 Å². The average molecular weight is 217 g/mol. The Balaban J connectivity index is 2.73. The Labute approximate surface area is 87.6 Å². The van der Waals surface area contributed by atoms with Crippen LogP contribution in [0.3, 0.4) is 0 Å². The normalized spacial score (nSPS) is 12.6. The summed E-state index contributed by atoms with van der Waals surface area (Å²) in [5, 5.41) is 2.71. The first kappa shape index (κ1) is 11.0. The van der Waals surface area contributed by atoms with Crippen molar-refractivity contribution in [2.24, 2.45) is 0 Å². The Kier molecular flexibility index (Phi) is 3.52. The summed E-state index contributed by atoms with van der Waals surface area (Å²) in [6.45, 7) is 5.43. The van der Waals surface area contributed by atoms with E-state index in [0.29, 0.717) is 5.89 Å². The molecular weight excluding hydrogens is 204 g/mol. The highest BCUT2D eigenvalue weighted by Crippen LogP contribution is 2.16. The van der Waals surface area contributed by atoms with E-state index in [9.17, 15) is 4.79 Å². The van der Waals surface area contributed by atoms with E-state index in [-0.39, 0.29) is 17.8 Å². The van der Waals surface area contributed by atoms with Crippen LogP contribution in [0, 0.1) is 13.8 Å². The monoisotopic (exact) mass is 216 g/mol. The predicted octanol–water partition coefficient (Wildman–Crippen LogP) is 1.71. The molecular formula is C9H13ClN2O2.